The number of cyclic esters (lactones) is 1. The lowest BCUT2D eigenvalue weighted by molar-refractivity contribution is 0.0235. The number of aromatic nitrogens is 3. The van der Waals surface area contributed by atoms with Gasteiger partial charge in [0.25, 0.3) is 0 Å². The number of carbonyl (C=O) groups is 1. The fourth-order valence-electron chi connectivity index (χ4n) is 4.55. The number of ether oxygens (including phenoxy) is 2. The van der Waals surface area contributed by atoms with Crippen molar-refractivity contribution in [1.82, 2.24) is 15.0 Å². The normalized spacial score (nSPS) is 20.5. The Morgan fingerprint density at radius 2 is 1.87 bits per heavy atom. The summed E-state index contributed by atoms with van der Waals surface area (Å²) in [6, 6.07) is 5.32. The zero-order chi connectivity index (χ0) is 28.7. The predicted octanol–water partition coefficient (Wildman–Crippen LogP) is 4.61. The van der Waals surface area contributed by atoms with E-state index in [2.05, 4.69) is 15.3 Å². The SMILES string of the molecule is CCC(C)(N)c1cnc(O[C@H](C)C[C@@H](C)S(C)(=O)=O)c2cnc(Nc3ccc4c(n3)[C@@H](C)[C@@H](C)OC4=O)cc12. The first-order valence-electron chi connectivity index (χ1n) is 13.1. The molecule has 10 nitrogen and oxygen atoms in total. The van der Waals surface area contributed by atoms with Crippen molar-refractivity contribution in [2.24, 2.45) is 5.73 Å². The number of pyridine rings is 3. The van der Waals surface area contributed by atoms with Crippen LogP contribution in [0.25, 0.3) is 10.8 Å². The minimum absolute atomic E-state index is 0.0451. The molecule has 0 fully saturated rings. The van der Waals surface area contributed by atoms with Gasteiger partial charge in [0, 0.05) is 36.5 Å². The minimum atomic E-state index is -3.18. The van der Waals surface area contributed by atoms with Gasteiger partial charge in [0.15, 0.2) is 0 Å². The highest BCUT2D eigenvalue weighted by atomic mass is 32.2. The molecule has 0 saturated carbocycles. The number of nitrogens with two attached hydrogens (primary N) is 1. The van der Waals surface area contributed by atoms with Gasteiger partial charge in [0.05, 0.1) is 28.0 Å². The van der Waals surface area contributed by atoms with Gasteiger partial charge in [-0.3, -0.25) is 0 Å². The monoisotopic (exact) mass is 555 g/mol. The van der Waals surface area contributed by atoms with Gasteiger partial charge >= 0.3 is 5.97 Å². The van der Waals surface area contributed by atoms with Gasteiger partial charge in [0.2, 0.25) is 5.88 Å². The van der Waals surface area contributed by atoms with E-state index in [-0.39, 0.29) is 24.1 Å². The van der Waals surface area contributed by atoms with Crippen LogP contribution in [0, 0.1) is 0 Å². The van der Waals surface area contributed by atoms with Crippen LogP contribution in [0.15, 0.2) is 30.6 Å². The van der Waals surface area contributed by atoms with E-state index >= 15 is 0 Å². The largest absolute Gasteiger partial charge is 0.474 e. The number of esters is 1. The molecule has 0 radical (unpaired) electrons. The average molecular weight is 556 g/mol. The first kappa shape index (κ1) is 28.7. The Labute approximate surface area is 229 Å². The topological polar surface area (TPSA) is 146 Å². The van der Waals surface area contributed by atoms with E-state index in [1.54, 1.807) is 31.5 Å². The lowest BCUT2D eigenvalue weighted by atomic mass is 9.88. The first-order chi connectivity index (χ1) is 18.2. The smallest absolute Gasteiger partial charge is 0.340 e. The van der Waals surface area contributed by atoms with Crippen LogP contribution in [0.4, 0.5) is 11.6 Å². The molecule has 3 N–H and O–H groups in total. The van der Waals surface area contributed by atoms with Gasteiger partial charge in [-0.25, -0.2) is 28.2 Å². The van der Waals surface area contributed by atoms with E-state index in [0.717, 1.165) is 10.9 Å². The molecule has 0 aliphatic carbocycles. The molecule has 11 heteroatoms. The van der Waals surface area contributed by atoms with Crippen LogP contribution in [0.5, 0.6) is 5.88 Å². The van der Waals surface area contributed by atoms with Crippen LogP contribution in [0.1, 0.15) is 81.9 Å². The Hall–Kier alpha value is -3.31. The fourth-order valence-corrected chi connectivity index (χ4v) is 5.17. The van der Waals surface area contributed by atoms with E-state index in [4.69, 9.17) is 20.2 Å². The molecule has 5 atom stereocenters. The van der Waals surface area contributed by atoms with Gasteiger partial charge in [-0.15, -0.1) is 0 Å². The van der Waals surface area contributed by atoms with Gasteiger partial charge in [-0.1, -0.05) is 13.8 Å². The summed E-state index contributed by atoms with van der Waals surface area (Å²) in [5.41, 5.74) is 7.97. The molecule has 39 heavy (non-hydrogen) atoms. The van der Waals surface area contributed by atoms with E-state index in [9.17, 15) is 13.2 Å². The second-order valence-corrected chi connectivity index (χ2v) is 13.3. The van der Waals surface area contributed by atoms with Crippen molar-refractivity contribution in [3.8, 4) is 5.88 Å². The van der Waals surface area contributed by atoms with E-state index in [1.807, 2.05) is 40.7 Å². The van der Waals surface area contributed by atoms with Crippen molar-refractivity contribution in [2.75, 3.05) is 11.6 Å². The lowest BCUT2D eigenvalue weighted by Gasteiger charge is -2.27. The molecule has 0 spiro atoms. The van der Waals surface area contributed by atoms with E-state index in [1.165, 1.54) is 6.26 Å². The highest BCUT2D eigenvalue weighted by Crippen LogP contribution is 2.35. The fraction of sp³-hybridized carbons (Fsp3) is 0.500. The molecule has 1 unspecified atom stereocenters. The molecule has 210 valence electrons. The van der Waals surface area contributed by atoms with Crippen LogP contribution < -0.4 is 15.8 Å². The molecule has 4 rings (SSSR count). The third-order valence-electron chi connectivity index (χ3n) is 7.62. The molecule has 3 aromatic rings. The van der Waals surface area contributed by atoms with Crippen molar-refractivity contribution >= 4 is 38.2 Å². The Morgan fingerprint density at radius 1 is 1.15 bits per heavy atom. The molecule has 1 aliphatic rings. The lowest BCUT2D eigenvalue weighted by Crippen LogP contribution is -2.32. The standard InChI is InChI=1S/C28H37N5O5S/c1-8-28(6,29)22-14-31-26(37-15(2)11-16(3)39(7,35)36)21-13-30-24(12-20(21)22)32-23-10-9-19-25(33-23)17(4)18(5)38-27(19)34/h9-10,12-18H,8,11,29H2,1-7H3,(H,30,32,33)/t15-,16-,17+,18-,28?/m1/s1. The molecule has 0 bridgehead atoms. The number of anilines is 2. The molecular weight excluding hydrogens is 518 g/mol. The summed E-state index contributed by atoms with van der Waals surface area (Å²) in [6.07, 6.45) is 4.96. The summed E-state index contributed by atoms with van der Waals surface area (Å²) >= 11 is 0. The van der Waals surface area contributed by atoms with Crippen molar-refractivity contribution < 1.29 is 22.7 Å². The molecule has 3 aromatic heterocycles. The van der Waals surface area contributed by atoms with Gasteiger partial charge in [-0.2, -0.15) is 0 Å². The number of sulfone groups is 1. The van der Waals surface area contributed by atoms with Crippen LogP contribution in [-0.2, 0) is 20.1 Å². The second kappa shape index (κ2) is 10.7. The number of hydrogen-bond acceptors (Lipinski definition) is 10. The van der Waals surface area contributed by atoms with Crippen LogP contribution in [0.2, 0.25) is 0 Å². The van der Waals surface area contributed by atoms with Crippen LogP contribution >= 0.6 is 0 Å². The number of fused-ring (bicyclic) bond motifs is 2. The Kier molecular flexibility index (Phi) is 7.86. The molecule has 0 saturated heterocycles. The van der Waals surface area contributed by atoms with Gasteiger partial charge in [-0.05, 0) is 63.3 Å². The molecule has 4 heterocycles. The Bertz CT molecular complexity index is 1510. The number of nitrogens with one attached hydrogen (secondary N) is 1. The molecule has 0 aromatic carbocycles. The summed E-state index contributed by atoms with van der Waals surface area (Å²) in [5.74, 6) is 1.04. The quantitative estimate of drug-likeness (QED) is 0.359. The Morgan fingerprint density at radius 3 is 2.54 bits per heavy atom. The number of carbonyl (C=O) groups excluding carboxylic acids is 1. The number of nitrogens with zero attached hydrogens (tertiary/aromatic N) is 3. The van der Waals surface area contributed by atoms with Crippen LogP contribution in [0.3, 0.4) is 0 Å². The number of hydrogen-bond donors (Lipinski definition) is 2. The third kappa shape index (κ3) is 5.99. The second-order valence-electron chi connectivity index (χ2n) is 10.8. The summed E-state index contributed by atoms with van der Waals surface area (Å²) < 4.78 is 35.3. The van der Waals surface area contributed by atoms with Crippen molar-refractivity contribution in [3.63, 3.8) is 0 Å². The minimum Gasteiger partial charge on any atom is -0.474 e. The van der Waals surface area contributed by atoms with Crippen LogP contribution in [-0.4, -0.2) is 53.1 Å². The maximum atomic E-state index is 12.3. The highest BCUT2D eigenvalue weighted by Gasteiger charge is 2.31. The zero-order valence-corrected chi connectivity index (χ0v) is 24.3. The average Bonchev–Trinajstić information content (AvgIpc) is 2.86. The zero-order valence-electron chi connectivity index (χ0n) is 23.5. The molecule has 0 amide bonds. The summed E-state index contributed by atoms with van der Waals surface area (Å²) in [7, 11) is -3.18. The van der Waals surface area contributed by atoms with Gasteiger partial charge < -0.3 is 20.5 Å². The maximum absolute atomic E-state index is 12.3. The summed E-state index contributed by atoms with van der Waals surface area (Å²) in [4.78, 5) is 26.1. The van der Waals surface area contributed by atoms with Crippen molar-refractivity contribution in [2.45, 2.75) is 83.3 Å². The Balaban J connectivity index is 1.71. The molecular formula is C28H37N5O5S. The van der Waals surface area contributed by atoms with E-state index in [0.29, 0.717) is 47.0 Å². The predicted molar refractivity (Wildman–Crippen MR) is 151 cm³/mol. The van der Waals surface area contributed by atoms with Crippen molar-refractivity contribution in [1.29, 1.82) is 0 Å². The summed E-state index contributed by atoms with van der Waals surface area (Å²) in [5, 5.41) is 4.20. The number of rotatable bonds is 9. The third-order valence-corrected chi connectivity index (χ3v) is 9.28. The van der Waals surface area contributed by atoms with Crippen molar-refractivity contribution in [3.05, 3.63) is 47.4 Å². The highest BCUT2D eigenvalue weighted by molar-refractivity contribution is 7.91. The first-order valence-corrected chi connectivity index (χ1v) is 15.1. The maximum Gasteiger partial charge on any atom is 0.340 e. The summed E-state index contributed by atoms with van der Waals surface area (Å²) in [6.45, 7) is 11.3. The van der Waals surface area contributed by atoms with Gasteiger partial charge in [0.1, 0.15) is 27.6 Å². The van der Waals surface area contributed by atoms with E-state index < -0.39 is 20.6 Å². The molecule has 1 aliphatic heterocycles.